The number of nitrogens with zero attached hydrogens (tertiary/aromatic N) is 1. The number of carbonyl (C=O) groups is 1. The molecule has 0 aliphatic carbocycles. The van der Waals surface area contributed by atoms with Crippen LogP contribution < -0.4 is 10.6 Å². The molecule has 0 aliphatic rings. The summed E-state index contributed by atoms with van der Waals surface area (Å²) >= 11 is 11.7. The Bertz CT molecular complexity index is 617. The molecule has 0 saturated heterocycles. The zero-order valence-electron chi connectivity index (χ0n) is 10.1. The van der Waals surface area contributed by atoms with Gasteiger partial charge in [0.15, 0.2) is 0 Å². The molecular weight excluding hydrogens is 285 g/mol. The first kappa shape index (κ1) is 13.6. The summed E-state index contributed by atoms with van der Waals surface area (Å²) in [7, 11) is 1.77. The summed E-state index contributed by atoms with van der Waals surface area (Å²) in [5, 5.41) is 6.47. The molecule has 6 heteroatoms. The Labute approximate surface area is 120 Å². The number of carbonyl (C=O) groups excluding carboxylic acids is 1. The van der Waals surface area contributed by atoms with Crippen LogP contribution in [-0.2, 0) is 0 Å². The second-order valence-corrected chi connectivity index (χ2v) is 4.58. The van der Waals surface area contributed by atoms with Gasteiger partial charge in [-0.15, -0.1) is 0 Å². The van der Waals surface area contributed by atoms with E-state index in [1.165, 1.54) is 0 Å². The largest absolute Gasteiger partial charge is 0.388 e. The lowest BCUT2D eigenvalue weighted by atomic mass is 10.2. The van der Waals surface area contributed by atoms with E-state index in [0.717, 1.165) is 5.69 Å². The molecule has 0 aliphatic heterocycles. The molecule has 0 fully saturated rings. The first-order chi connectivity index (χ1) is 9.10. The predicted octanol–water partition coefficient (Wildman–Crippen LogP) is 3.68. The Morgan fingerprint density at radius 2 is 1.89 bits per heavy atom. The molecule has 0 saturated carbocycles. The minimum atomic E-state index is -0.310. The Balaban J connectivity index is 2.18. The van der Waals surface area contributed by atoms with Crippen LogP contribution in [0.5, 0.6) is 0 Å². The lowest BCUT2D eigenvalue weighted by molar-refractivity contribution is 0.102. The van der Waals surface area contributed by atoms with Crippen LogP contribution in [0.2, 0.25) is 10.0 Å². The van der Waals surface area contributed by atoms with Crippen LogP contribution in [0.25, 0.3) is 0 Å². The predicted molar refractivity (Wildman–Crippen MR) is 78.2 cm³/mol. The average molecular weight is 296 g/mol. The van der Waals surface area contributed by atoms with E-state index < -0.39 is 0 Å². The molecule has 19 heavy (non-hydrogen) atoms. The first-order valence-electron chi connectivity index (χ1n) is 5.50. The summed E-state index contributed by atoms with van der Waals surface area (Å²) in [5.74, 6) is -0.310. The number of rotatable bonds is 3. The molecule has 2 N–H and O–H groups in total. The van der Waals surface area contributed by atoms with Crippen molar-refractivity contribution in [3.05, 3.63) is 52.3 Å². The SMILES string of the molecule is CNc1ccnc(C(=O)Nc2ccc(Cl)c(Cl)c2)c1. The monoisotopic (exact) mass is 295 g/mol. The highest BCUT2D eigenvalue weighted by atomic mass is 35.5. The number of hydrogen-bond donors (Lipinski definition) is 2. The Kier molecular flexibility index (Phi) is 4.24. The van der Waals surface area contributed by atoms with E-state index >= 15 is 0 Å². The molecule has 0 bridgehead atoms. The smallest absolute Gasteiger partial charge is 0.274 e. The van der Waals surface area contributed by atoms with E-state index in [-0.39, 0.29) is 5.91 Å². The van der Waals surface area contributed by atoms with Crippen molar-refractivity contribution in [3.8, 4) is 0 Å². The van der Waals surface area contributed by atoms with E-state index in [1.54, 1.807) is 43.6 Å². The zero-order chi connectivity index (χ0) is 13.8. The van der Waals surface area contributed by atoms with Gasteiger partial charge in [-0.05, 0) is 30.3 Å². The minimum absolute atomic E-state index is 0.310. The second kappa shape index (κ2) is 5.91. The van der Waals surface area contributed by atoms with E-state index in [4.69, 9.17) is 23.2 Å². The van der Waals surface area contributed by atoms with Gasteiger partial charge >= 0.3 is 0 Å². The van der Waals surface area contributed by atoms with Gasteiger partial charge in [-0.2, -0.15) is 0 Å². The summed E-state index contributed by atoms with van der Waals surface area (Å²) in [6.45, 7) is 0. The third-order valence-electron chi connectivity index (χ3n) is 2.46. The van der Waals surface area contributed by atoms with Gasteiger partial charge in [-0.25, -0.2) is 0 Å². The second-order valence-electron chi connectivity index (χ2n) is 3.76. The van der Waals surface area contributed by atoms with Crippen molar-refractivity contribution < 1.29 is 4.79 Å². The number of halogens is 2. The number of anilines is 2. The minimum Gasteiger partial charge on any atom is -0.388 e. The van der Waals surface area contributed by atoms with Crippen LogP contribution in [0.3, 0.4) is 0 Å². The molecule has 2 rings (SSSR count). The maximum absolute atomic E-state index is 12.0. The van der Waals surface area contributed by atoms with Crippen LogP contribution in [0.4, 0.5) is 11.4 Å². The number of benzene rings is 1. The fourth-order valence-corrected chi connectivity index (χ4v) is 1.78. The van der Waals surface area contributed by atoms with Gasteiger partial charge in [0.2, 0.25) is 0 Å². The molecule has 1 aromatic carbocycles. The number of pyridine rings is 1. The summed E-state index contributed by atoms with van der Waals surface area (Å²) in [4.78, 5) is 16.0. The molecule has 0 radical (unpaired) electrons. The van der Waals surface area contributed by atoms with Crippen molar-refractivity contribution >= 4 is 40.5 Å². The van der Waals surface area contributed by atoms with Gasteiger partial charge in [-0.3, -0.25) is 9.78 Å². The van der Waals surface area contributed by atoms with E-state index in [9.17, 15) is 4.79 Å². The van der Waals surface area contributed by atoms with Crippen molar-refractivity contribution in [1.82, 2.24) is 4.98 Å². The molecule has 0 atom stereocenters. The lowest BCUT2D eigenvalue weighted by Gasteiger charge is -2.07. The molecule has 1 amide bonds. The van der Waals surface area contributed by atoms with E-state index in [0.29, 0.717) is 21.4 Å². The van der Waals surface area contributed by atoms with Crippen molar-refractivity contribution in [2.24, 2.45) is 0 Å². The maximum Gasteiger partial charge on any atom is 0.274 e. The third kappa shape index (κ3) is 3.36. The van der Waals surface area contributed by atoms with Gasteiger partial charge in [0.1, 0.15) is 5.69 Å². The molecule has 0 unspecified atom stereocenters. The molecule has 4 nitrogen and oxygen atoms in total. The zero-order valence-corrected chi connectivity index (χ0v) is 11.6. The van der Waals surface area contributed by atoms with E-state index in [2.05, 4.69) is 15.6 Å². The van der Waals surface area contributed by atoms with Crippen LogP contribution in [0.15, 0.2) is 36.5 Å². The lowest BCUT2D eigenvalue weighted by Crippen LogP contribution is -2.13. The highest BCUT2D eigenvalue weighted by molar-refractivity contribution is 6.42. The summed E-state index contributed by atoms with van der Waals surface area (Å²) in [6, 6.07) is 8.32. The van der Waals surface area contributed by atoms with Crippen molar-refractivity contribution in [2.75, 3.05) is 17.7 Å². The molecule has 2 aromatic rings. The normalized spacial score (nSPS) is 10.1. The highest BCUT2D eigenvalue weighted by Crippen LogP contribution is 2.25. The molecule has 98 valence electrons. The number of nitrogens with one attached hydrogen (secondary N) is 2. The first-order valence-corrected chi connectivity index (χ1v) is 6.26. The molecule has 0 spiro atoms. The van der Waals surface area contributed by atoms with Gasteiger partial charge in [0, 0.05) is 24.6 Å². The molecule has 1 aromatic heterocycles. The van der Waals surface area contributed by atoms with Crippen molar-refractivity contribution in [1.29, 1.82) is 0 Å². The van der Waals surface area contributed by atoms with Crippen LogP contribution >= 0.6 is 23.2 Å². The van der Waals surface area contributed by atoms with E-state index in [1.807, 2.05) is 0 Å². The van der Waals surface area contributed by atoms with Gasteiger partial charge < -0.3 is 10.6 Å². The van der Waals surface area contributed by atoms with Crippen molar-refractivity contribution in [2.45, 2.75) is 0 Å². The fraction of sp³-hybridized carbons (Fsp3) is 0.0769. The Morgan fingerprint density at radius 3 is 2.58 bits per heavy atom. The highest BCUT2D eigenvalue weighted by Gasteiger charge is 2.09. The van der Waals surface area contributed by atoms with Gasteiger partial charge in [0.25, 0.3) is 5.91 Å². The Morgan fingerprint density at radius 1 is 1.11 bits per heavy atom. The summed E-state index contributed by atoms with van der Waals surface area (Å²) in [5.41, 5.74) is 1.70. The van der Waals surface area contributed by atoms with Crippen molar-refractivity contribution in [3.63, 3.8) is 0 Å². The third-order valence-corrected chi connectivity index (χ3v) is 3.20. The van der Waals surface area contributed by atoms with Crippen LogP contribution in [-0.4, -0.2) is 17.9 Å². The topological polar surface area (TPSA) is 54.0 Å². The standard InChI is InChI=1S/C13H11Cl2N3O/c1-16-8-4-5-17-12(7-8)13(19)18-9-2-3-10(14)11(15)6-9/h2-7H,1H3,(H,16,17)(H,18,19). The summed E-state index contributed by atoms with van der Waals surface area (Å²) in [6.07, 6.45) is 1.57. The van der Waals surface area contributed by atoms with Crippen LogP contribution in [0, 0.1) is 0 Å². The van der Waals surface area contributed by atoms with Crippen LogP contribution in [0.1, 0.15) is 10.5 Å². The number of amides is 1. The summed E-state index contributed by atoms with van der Waals surface area (Å²) < 4.78 is 0. The maximum atomic E-state index is 12.0. The van der Waals surface area contributed by atoms with Gasteiger partial charge in [0.05, 0.1) is 10.0 Å². The average Bonchev–Trinajstić information content (AvgIpc) is 2.43. The quantitative estimate of drug-likeness (QED) is 0.908. The molecular formula is C13H11Cl2N3O. The Hall–Kier alpha value is -1.78. The van der Waals surface area contributed by atoms with Gasteiger partial charge in [-0.1, -0.05) is 23.2 Å². The molecule has 1 heterocycles. The number of hydrogen-bond acceptors (Lipinski definition) is 3. The fourth-order valence-electron chi connectivity index (χ4n) is 1.48. The number of aromatic nitrogens is 1.